The van der Waals surface area contributed by atoms with Crippen molar-refractivity contribution in [1.29, 1.82) is 0 Å². The second kappa shape index (κ2) is 14.9. The van der Waals surface area contributed by atoms with E-state index in [0.717, 1.165) is 21.7 Å². The van der Waals surface area contributed by atoms with Crippen molar-refractivity contribution in [3.63, 3.8) is 0 Å². The zero-order chi connectivity index (χ0) is 25.6. The van der Waals surface area contributed by atoms with Crippen LogP contribution in [0.2, 0.25) is 0 Å². The van der Waals surface area contributed by atoms with Crippen LogP contribution in [0.5, 0.6) is 0 Å². The first-order chi connectivity index (χ1) is 16.9. The SMILES string of the molecule is C=CN=c1cc(Sc2ccc(NC=O)cc2)nc(/N=C(\C=C)NNC(C)C)n1CC.CNC1CC1. The maximum atomic E-state index is 10.6. The molecule has 1 heterocycles. The molecule has 4 N–H and O–H groups in total. The zero-order valence-electron chi connectivity index (χ0n) is 20.9. The monoisotopic (exact) mass is 496 g/mol. The fourth-order valence-electron chi connectivity index (χ4n) is 2.75. The number of carbonyl (C=O) groups excluding carboxylic acids is 1. The molecule has 1 aliphatic carbocycles. The van der Waals surface area contributed by atoms with E-state index in [2.05, 4.69) is 44.6 Å². The van der Waals surface area contributed by atoms with Gasteiger partial charge in [0.05, 0.1) is 0 Å². The lowest BCUT2D eigenvalue weighted by atomic mass is 10.3. The van der Waals surface area contributed by atoms with Crippen molar-refractivity contribution in [2.24, 2.45) is 9.98 Å². The first-order valence-electron chi connectivity index (χ1n) is 11.6. The quantitative estimate of drug-likeness (QED) is 0.124. The molecule has 1 fully saturated rings. The van der Waals surface area contributed by atoms with Gasteiger partial charge in [-0.15, -0.1) is 0 Å². The number of aliphatic imine (C=N–C) groups is 1. The lowest BCUT2D eigenvalue weighted by Gasteiger charge is -2.14. The number of hydrogen-bond donors (Lipinski definition) is 4. The molecule has 2 aromatic rings. The van der Waals surface area contributed by atoms with Gasteiger partial charge in [0.25, 0.3) is 0 Å². The van der Waals surface area contributed by atoms with E-state index < -0.39 is 0 Å². The van der Waals surface area contributed by atoms with Gasteiger partial charge in [-0.2, -0.15) is 4.99 Å². The Morgan fingerprint density at radius 2 is 2.00 bits per heavy atom. The summed E-state index contributed by atoms with van der Waals surface area (Å²) in [5, 5.41) is 6.49. The molecule has 1 aliphatic rings. The van der Waals surface area contributed by atoms with Gasteiger partial charge in [-0.1, -0.05) is 24.9 Å². The summed E-state index contributed by atoms with van der Waals surface area (Å²) < 4.78 is 1.89. The molecule has 0 saturated heterocycles. The maximum absolute atomic E-state index is 10.6. The number of hydrazine groups is 1. The Morgan fingerprint density at radius 1 is 1.29 bits per heavy atom. The fourth-order valence-corrected chi connectivity index (χ4v) is 3.56. The van der Waals surface area contributed by atoms with E-state index >= 15 is 0 Å². The highest BCUT2D eigenvalue weighted by Crippen LogP contribution is 2.27. The molecule has 0 unspecified atom stereocenters. The third-order valence-electron chi connectivity index (χ3n) is 4.71. The van der Waals surface area contributed by atoms with Crippen molar-refractivity contribution < 1.29 is 4.79 Å². The Labute approximate surface area is 211 Å². The predicted molar refractivity (Wildman–Crippen MR) is 145 cm³/mol. The minimum absolute atomic E-state index is 0.228. The maximum Gasteiger partial charge on any atom is 0.234 e. The standard InChI is InChI=1S/C21H27N7OS.C4H9N/c1-6-18(27-26-15(4)5)24-21-25-20(13-19(22-7-2)28(21)8-3)30-17-11-9-16(10-12-17)23-14-29;1-5-4-2-3-4/h6-7,9-15,26H,1-2,8H2,3-5H3,(H,23,29)(H,24,25,27);4-5H,2-3H2,1H3. The lowest BCUT2D eigenvalue weighted by Crippen LogP contribution is -2.41. The van der Waals surface area contributed by atoms with Gasteiger partial charge in [0.2, 0.25) is 12.4 Å². The molecule has 1 aromatic carbocycles. The largest absolute Gasteiger partial charge is 0.329 e. The number of rotatable bonds is 11. The number of nitrogens with zero attached hydrogens (tertiary/aromatic N) is 4. The third kappa shape index (κ3) is 9.89. The van der Waals surface area contributed by atoms with Gasteiger partial charge in [0.15, 0.2) is 0 Å². The predicted octanol–water partition coefficient (Wildman–Crippen LogP) is 3.75. The molecule has 9 nitrogen and oxygen atoms in total. The van der Waals surface area contributed by atoms with Gasteiger partial charge < -0.3 is 16.1 Å². The van der Waals surface area contributed by atoms with E-state index in [4.69, 9.17) is 4.98 Å². The molecule has 0 atom stereocenters. The van der Waals surface area contributed by atoms with Crippen molar-refractivity contribution in [3.05, 3.63) is 61.3 Å². The van der Waals surface area contributed by atoms with E-state index in [-0.39, 0.29) is 6.04 Å². The Balaban J connectivity index is 0.000000764. The van der Waals surface area contributed by atoms with Crippen LogP contribution in [0.4, 0.5) is 11.6 Å². The van der Waals surface area contributed by atoms with Crippen molar-refractivity contribution in [1.82, 2.24) is 25.7 Å². The Hall–Kier alpha value is -3.21. The van der Waals surface area contributed by atoms with E-state index in [1.165, 1.54) is 30.8 Å². The summed E-state index contributed by atoms with van der Waals surface area (Å²) in [6.45, 7) is 14.2. The highest BCUT2D eigenvalue weighted by atomic mass is 32.2. The van der Waals surface area contributed by atoms with E-state index in [9.17, 15) is 4.79 Å². The number of hydrogen-bond acceptors (Lipinski definition) is 7. The number of anilines is 1. The van der Waals surface area contributed by atoms with Gasteiger partial charge in [-0.05, 0) is 71.0 Å². The van der Waals surface area contributed by atoms with Crippen LogP contribution in [-0.2, 0) is 11.3 Å². The summed E-state index contributed by atoms with van der Waals surface area (Å²) in [5.74, 6) is 1.05. The third-order valence-corrected chi connectivity index (χ3v) is 5.64. The Morgan fingerprint density at radius 3 is 2.49 bits per heavy atom. The number of nitrogens with one attached hydrogen (secondary N) is 4. The lowest BCUT2D eigenvalue weighted by molar-refractivity contribution is -0.105. The Bertz CT molecular complexity index is 1070. The first-order valence-corrected chi connectivity index (χ1v) is 12.4. The molecule has 188 valence electrons. The van der Waals surface area contributed by atoms with E-state index in [1.54, 1.807) is 6.08 Å². The summed E-state index contributed by atoms with van der Waals surface area (Å²) in [4.78, 5) is 25.3. The van der Waals surface area contributed by atoms with Gasteiger partial charge in [-0.25, -0.2) is 15.4 Å². The number of benzene rings is 1. The number of carbonyl (C=O) groups is 1. The minimum Gasteiger partial charge on any atom is -0.329 e. The summed E-state index contributed by atoms with van der Waals surface area (Å²) in [5.41, 5.74) is 7.57. The highest BCUT2D eigenvalue weighted by molar-refractivity contribution is 7.99. The van der Waals surface area contributed by atoms with Gasteiger partial charge in [-0.3, -0.25) is 9.36 Å². The topological polar surface area (TPSA) is 108 Å². The van der Waals surface area contributed by atoms with Crippen LogP contribution < -0.4 is 27.0 Å². The summed E-state index contributed by atoms with van der Waals surface area (Å²) >= 11 is 1.47. The average Bonchev–Trinajstić information content (AvgIpc) is 3.68. The normalized spacial score (nSPS) is 13.6. The molecule has 10 heteroatoms. The van der Waals surface area contributed by atoms with Crippen LogP contribution >= 0.6 is 11.8 Å². The van der Waals surface area contributed by atoms with Crippen LogP contribution in [0.3, 0.4) is 0 Å². The minimum atomic E-state index is 0.228. The molecule has 1 saturated carbocycles. The van der Waals surface area contributed by atoms with Gasteiger partial charge >= 0.3 is 0 Å². The molecule has 35 heavy (non-hydrogen) atoms. The second-order valence-corrected chi connectivity index (χ2v) is 8.98. The fraction of sp³-hybridized carbons (Fsp3) is 0.360. The summed E-state index contributed by atoms with van der Waals surface area (Å²) in [7, 11) is 2.01. The van der Waals surface area contributed by atoms with Crippen LogP contribution in [0.1, 0.15) is 33.6 Å². The summed E-state index contributed by atoms with van der Waals surface area (Å²) in [6.07, 6.45) is 6.57. The van der Waals surface area contributed by atoms with Crippen molar-refractivity contribution in [2.75, 3.05) is 12.4 Å². The number of amides is 1. The molecular weight excluding hydrogens is 460 g/mol. The van der Waals surface area contributed by atoms with Crippen molar-refractivity contribution in [3.8, 4) is 0 Å². The number of aromatic nitrogens is 2. The smallest absolute Gasteiger partial charge is 0.234 e. The zero-order valence-corrected chi connectivity index (χ0v) is 21.7. The van der Waals surface area contributed by atoms with E-state index in [0.29, 0.717) is 30.2 Å². The van der Waals surface area contributed by atoms with Gasteiger partial charge in [0, 0.05) is 41.5 Å². The van der Waals surface area contributed by atoms with Crippen LogP contribution in [0.15, 0.2) is 75.7 Å². The van der Waals surface area contributed by atoms with Crippen molar-refractivity contribution in [2.45, 2.75) is 62.2 Å². The Kier molecular flexibility index (Phi) is 12.0. The van der Waals surface area contributed by atoms with Crippen LogP contribution in [0, 0.1) is 0 Å². The molecule has 1 aromatic heterocycles. The first kappa shape index (κ1) is 28.0. The second-order valence-electron chi connectivity index (χ2n) is 7.89. The highest BCUT2D eigenvalue weighted by Gasteiger charge is 2.17. The molecule has 1 amide bonds. The van der Waals surface area contributed by atoms with Crippen molar-refractivity contribution >= 4 is 35.6 Å². The summed E-state index contributed by atoms with van der Waals surface area (Å²) in [6, 6.07) is 10.5. The molecule has 0 spiro atoms. The molecule has 0 radical (unpaired) electrons. The molecule has 0 aliphatic heterocycles. The average molecular weight is 497 g/mol. The number of amidine groups is 1. The molecular formula is C25H36N8OS. The van der Waals surface area contributed by atoms with Crippen LogP contribution in [0.25, 0.3) is 0 Å². The molecule has 0 bridgehead atoms. The molecule has 3 rings (SSSR count). The van der Waals surface area contributed by atoms with Crippen LogP contribution in [-0.4, -0.2) is 40.9 Å². The van der Waals surface area contributed by atoms with E-state index in [1.807, 2.05) is 62.7 Å². The van der Waals surface area contributed by atoms with Gasteiger partial charge in [0.1, 0.15) is 16.3 Å².